The van der Waals surface area contributed by atoms with Gasteiger partial charge in [-0.1, -0.05) is 6.92 Å². The van der Waals surface area contributed by atoms with Crippen LogP contribution in [-0.2, 0) is 9.59 Å². The maximum absolute atomic E-state index is 11.9. The number of nitrogens with zero attached hydrogens (tertiary/aromatic N) is 2. The minimum absolute atomic E-state index is 0.0242. The lowest BCUT2D eigenvalue weighted by atomic mass is 10.1. The summed E-state index contributed by atoms with van der Waals surface area (Å²) in [7, 11) is 1.56. The molecule has 1 atom stereocenters. The lowest BCUT2D eigenvalue weighted by molar-refractivity contribution is -0.145. The van der Waals surface area contributed by atoms with E-state index in [2.05, 4.69) is 0 Å². The van der Waals surface area contributed by atoms with Crippen molar-refractivity contribution < 1.29 is 14.7 Å². The normalized spacial score (nSPS) is 17.7. The van der Waals surface area contributed by atoms with Gasteiger partial charge in [0.05, 0.1) is 6.54 Å². The van der Waals surface area contributed by atoms with E-state index in [1.54, 1.807) is 18.9 Å². The molecule has 17 heavy (non-hydrogen) atoms. The maximum Gasteiger partial charge on any atom is 0.251 e. The van der Waals surface area contributed by atoms with Gasteiger partial charge in [0.15, 0.2) is 0 Å². The molecule has 0 aromatic rings. The minimum atomic E-state index is -0.992. The summed E-state index contributed by atoms with van der Waals surface area (Å²) in [4.78, 5) is 26.6. The molecular formula is C12H22N2O3. The van der Waals surface area contributed by atoms with Gasteiger partial charge in [-0.05, 0) is 25.7 Å². The number of hydrogen-bond acceptors (Lipinski definition) is 3. The second-order valence-corrected chi connectivity index (χ2v) is 4.56. The standard InChI is InChI=1S/C12H22N2O3/c1-3-10(15)12(17)13(2)9-11(16)14-7-5-4-6-8-14/h10,15H,3-9H2,1-2H3. The van der Waals surface area contributed by atoms with Crippen molar-refractivity contribution in [1.82, 2.24) is 9.80 Å². The molecule has 0 aliphatic carbocycles. The first-order valence-electron chi connectivity index (χ1n) is 6.27. The van der Waals surface area contributed by atoms with E-state index in [0.717, 1.165) is 25.9 Å². The molecular weight excluding hydrogens is 220 g/mol. The number of rotatable bonds is 4. The summed E-state index contributed by atoms with van der Waals surface area (Å²) >= 11 is 0. The van der Waals surface area contributed by atoms with Crippen LogP contribution in [0.5, 0.6) is 0 Å². The van der Waals surface area contributed by atoms with Gasteiger partial charge < -0.3 is 14.9 Å². The highest BCUT2D eigenvalue weighted by Gasteiger charge is 2.22. The Morgan fingerprint density at radius 2 is 1.88 bits per heavy atom. The van der Waals surface area contributed by atoms with Crippen LogP contribution in [0.25, 0.3) is 0 Å². The highest BCUT2D eigenvalue weighted by Crippen LogP contribution is 2.09. The topological polar surface area (TPSA) is 60.9 Å². The number of carbonyl (C=O) groups is 2. The zero-order chi connectivity index (χ0) is 12.8. The summed E-state index contributed by atoms with van der Waals surface area (Å²) in [5.41, 5.74) is 0. The van der Waals surface area contributed by atoms with Crippen LogP contribution >= 0.6 is 0 Å². The summed E-state index contributed by atoms with van der Waals surface area (Å²) in [5.74, 6) is -0.401. The van der Waals surface area contributed by atoms with Gasteiger partial charge in [0.1, 0.15) is 6.10 Å². The molecule has 1 N–H and O–H groups in total. The predicted molar refractivity (Wildman–Crippen MR) is 64.4 cm³/mol. The first kappa shape index (κ1) is 14.0. The average molecular weight is 242 g/mol. The van der Waals surface area contributed by atoms with E-state index in [1.807, 2.05) is 0 Å². The highest BCUT2D eigenvalue weighted by atomic mass is 16.3. The van der Waals surface area contributed by atoms with Crippen molar-refractivity contribution in [2.24, 2.45) is 0 Å². The molecule has 0 aromatic carbocycles. The van der Waals surface area contributed by atoms with E-state index in [1.165, 1.54) is 11.3 Å². The number of likely N-dealkylation sites (tertiary alicyclic amines) is 1. The SMILES string of the molecule is CCC(O)C(=O)N(C)CC(=O)N1CCCCC1. The van der Waals surface area contributed by atoms with Crippen molar-refractivity contribution >= 4 is 11.8 Å². The number of hydrogen-bond donors (Lipinski definition) is 1. The van der Waals surface area contributed by atoms with Crippen LogP contribution in [0.1, 0.15) is 32.6 Å². The first-order valence-corrected chi connectivity index (χ1v) is 6.27. The van der Waals surface area contributed by atoms with E-state index in [-0.39, 0.29) is 18.4 Å². The quantitative estimate of drug-likeness (QED) is 0.767. The fourth-order valence-corrected chi connectivity index (χ4v) is 1.95. The highest BCUT2D eigenvalue weighted by molar-refractivity contribution is 5.86. The summed E-state index contributed by atoms with van der Waals surface area (Å²) in [6.45, 7) is 3.38. The van der Waals surface area contributed by atoms with Crippen LogP contribution in [0.3, 0.4) is 0 Å². The second-order valence-electron chi connectivity index (χ2n) is 4.56. The molecule has 5 nitrogen and oxygen atoms in total. The zero-order valence-corrected chi connectivity index (χ0v) is 10.7. The Balaban J connectivity index is 2.41. The van der Waals surface area contributed by atoms with Crippen molar-refractivity contribution in [3.63, 3.8) is 0 Å². The number of amides is 2. The van der Waals surface area contributed by atoms with Crippen LogP contribution in [0.2, 0.25) is 0 Å². The van der Waals surface area contributed by atoms with Gasteiger partial charge in [-0.15, -0.1) is 0 Å². The van der Waals surface area contributed by atoms with Crippen molar-refractivity contribution in [1.29, 1.82) is 0 Å². The Bertz CT molecular complexity index is 275. The molecule has 0 bridgehead atoms. The maximum atomic E-state index is 11.9. The monoisotopic (exact) mass is 242 g/mol. The lowest BCUT2D eigenvalue weighted by Crippen LogP contribution is -2.45. The molecule has 5 heteroatoms. The van der Waals surface area contributed by atoms with Gasteiger partial charge in [0, 0.05) is 20.1 Å². The summed E-state index contributed by atoms with van der Waals surface area (Å²) in [6.07, 6.45) is 2.64. The molecule has 0 aromatic heterocycles. The van der Waals surface area contributed by atoms with Gasteiger partial charge in [0.2, 0.25) is 5.91 Å². The molecule has 1 rings (SSSR count). The Hall–Kier alpha value is -1.10. The number of aliphatic hydroxyl groups excluding tert-OH is 1. The minimum Gasteiger partial charge on any atom is -0.383 e. The molecule has 1 fully saturated rings. The molecule has 0 spiro atoms. The van der Waals surface area contributed by atoms with Gasteiger partial charge in [-0.2, -0.15) is 0 Å². The third kappa shape index (κ3) is 4.00. The number of likely N-dealkylation sites (N-methyl/N-ethyl adjacent to an activating group) is 1. The van der Waals surface area contributed by atoms with Crippen LogP contribution in [0.15, 0.2) is 0 Å². The molecule has 1 aliphatic rings. The fraction of sp³-hybridized carbons (Fsp3) is 0.833. The molecule has 0 saturated carbocycles. The van der Waals surface area contributed by atoms with Crippen molar-refractivity contribution in [3.8, 4) is 0 Å². The largest absolute Gasteiger partial charge is 0.383 e. The van der Waals surface area contributed by atoms with Crippen LogP contribution in [-0.4, -0.2) is 59.5 Å². The molecule has 2 amide bonds. The lowest BCUT2D eigenvalue weighted by Gasteiger charge is -2.29. The molecule has 1 aliphatic heterocycles. The molecule has 1 heterocycles. The van der Waals surface area contributed by atoms with Gasteiger partial charge in [0.25, 0.3) is 5.91 Å². The Morgan fingerprint density at radius 1 is 1.29 bits per heavy atom. The molecule has 1 unspecified atom stereocenters. The van der Waals surface area contributed by atoms with Gasteiger partial charge in [-0.25, -0.2) is 0 Å². The smallest absolute Gasteiger partial charge is 0.251 e. The molecule has 0 radical (unpaired) electrons. The summed E-state index contributed by atoms with van der Waals surface area (Å²) < 4.78 is 0. The van der Waals surface area contributed by atoms with Gasteiger partial charge in [-0.3, -0.25) is 9.59 Å². The van der Waals surface area contributed by atoms with Gasteiger partial charge >= 0.3 is 0 Å². The van der Waals surface area contributed by atoms with E-state index >= 15 is 0 Å². The number of carbonyl (C=O) groups excluding carboxylic acids is 2. The van der Waals surface area contributed by atoms with Crippen LogP contribution < -0.4 is 0 Å². The fourth-order valence-electron chi connectivity index (χ4n) is 1.95. The van der Waals surface area contributed by atoms with Crippen molar-refractivity contribution in [2.45, 2.75) is 38.7 Å². The number of aliphatic hydroxyl groups is 1. The van der Waals surface area contributed by atoms with E-state index in [9.17, 15) is 14.7 Å². The first-order chi connectivity index (χ1) is 8.06. The Morgan fingerprint density at radius 3 is 2.41 bits per heavy atom. The predicted octanol–water partition coefficient (Wildman–Crippen LogP) is 0.228. The van der Waals surface area contributed by atoms with Crippen molar-refractivity contribution in [3.05, 3.63) is 0 Å². The van der Waals surface area contributed by atoms with Crippen molar-refractivity contribution in [2.75, 3.05) is 26.7 Å². The Kier molecular flexibility index (Phi) is 5.41. The zero-order valence-electron chi connectivity index (χ0n) is 10.7. The summed E-state index contributed by atoms with van der Waals surface area (Å²) in [6, 6.07) is 0. The third-order valence-corrected chi connectivity index (χ3v) is 3.13. The molecule has 98 valence electrons. The second kappa shape index (κ2) is 6.59. The Labute approximate surface area is 102 Å². The van der Waals surface area contributed by atoms with Crippen LogP contribution in [0.4, 0.5) is 0 Å². The van der Waals surface area contributed by atoms with Crippen LogP contribution in [0, 0.1) is 0 Å². The van der Waals surface area contributed by atoms with E-state index in [4.69, 9.17) is 0 Å². The summed E-state index contributed by atoms with van der Waals surface area (Å²) in [5, 5.41) is 9.40. The third-order valence-electron chi connectivity index (χ3n) is 3.13. The molecule has 1 saturated heterocycles. The van der Waals surface area contributed by atoms with E-state index < -0.39 is 6.10 Å². The average Bonchev–Trinajstić information content (AvgIpc) is 2.37. The van der Waals surface area contributed by atoms with E-state index in [0.29, 0.717) is 6.42 Å². The number of piperidine rings is 1.